The maximum absolute atomic E-state index is 12.8. The van der Waals surface area contributed by atoms with Gasteiger partial charge in [0.15, 0.2) is 0 Å². The second-order valence-corrected chi connectivity index (χ2v) is 9.30. The predicted molar refractivity (Wildman–Crippen MR) is 122 cm³/mol. The maximum Gasteiger partial charge on any atom is 0.407 e. The number of ether oxygens (including phenoxy) is 1. The molecule has 0 radical (unpaired) electrons. The summed E-state index contributed by atoms with van der Waals surface area (Å²) < 4.78 is 5.52. The van der Waals surface area contributed by atoms with E-state index in [-0.39, 0.29) is 49.4 Å². The Balaban J connectivity index is 1.15. The molecule has 1 aliphatic carbocycles. The Hall–Kier alpha value is -3.35. The van der Waals surface area contributed by atoms with Crippen molar-refractivity contribution in [1.29, 1.82) is 0 Å². The van der Waals surface area contributed by atoms with Gasteiger partial charge in [0.05, 0.1) is 0 Å². The first-order valence-corrected chi connectivity index (χ1v) is 11.6. The van der Waals surface area contributed by atoms with Crippen LogP contribution in [0.1, 0.15) is 49.1 Å². The number of fused-ring (bicyclic) bond motifs is 5. The summed E-state index contributed by atoms with van der Waals surface area (Å²) in [5, 5.41) is 11.7. The molecule has 0 spiro atoms. The van der Waals surface area contributed by atoms with Crippen LogP contribution in [0.2, 0.25) is 0 Å². The Bertz CT molecular complexity index is 1020. The number of carbonyl (C=O) groups excluding carboxylic acids is 2. The Morgan fingerprint density at radius 1 is 0.939 bits per heavy atom. The van der Waals surface area contributed by atoms with Crippen molar-refractivity contribution < 1.29 is 24.2 Å². The molecule has 7 heteroatoms. The maximum atomic E-state index is 12.8. The number of carbonyl (C=O) groups is 3. The van der Waals surface area contributed by atoms with E-state index in [1.807, 2.05) is 29.2 Å². The number of nitrogens with one attached hydrogen (secondary N) is 1. The largest absolute Gasteiger partial charge is 0.481 e. The summed E-state index contributed by atoms with van der Waals surface area (Å²) >= 11 is 0. The molecule has 2 unspecified atom stereocenters. The highest BCUT2D eigenvalue weighted by molar-refractivity contribution is 5.83. The molecule has 7 nitrogen and oxygen atoms in total. The number of nitrogens with zero attached hydrogens (tertiary/aromatic N) is 1. The highest BCUT2D eigenvalue weighted by Gasteiger charge is 2.43. The molecule has 2 N–H and O–H groups in total. The minimum Gasteiger partial charge on any atom is -0.481 e. The normalized spacial score (nSPS) is 23.0. The van der Waals surface area contributed by atoms with Crippen LogP contribution in [0.25, 0.3) is 11.1 Å². The molecule has 3 aliphatic rings. The van der Waals surface area contributed by atoms with Gasteiger partial charge in [-0.25, -0.2) is 4.79 Å². The number of hydrogen-bond donors (Lipinski definition) is 2. The first-order chi connectivity index (χ1) is 16.0. The lowest BCUT2D eigenvalue weighted by Crippen LogP contribution is -2.50. The van der Waals surface area contributed by atoms with Crippen molar-refractivity contribution in [2.45, 2.75) is 50.1 Å². The standard InChI is InChI=1S/C26H28N2O5/c29-24(28-17-9-10-18(28)12-16(11-17)13-25(30)31)14-27-26(32)33-15-23-21-7-3-1-5-19(21)20-6-2-4-8-22(20)23/h1-8,16-18,23H,9-15H2,(H,27,32)(H,30,31). The van der Waals surface area contributed by atoms with E-state index in [2.05, 4.69) is 29.6 Å². The summed E-state index contributed by atoms with van der Waals surface area (Å²) in [7, 11) is 0. The minimum absolute atomic E-state index is 0.0250. The van der Waals surface area contributed by atoms with E-state index in [9.17, 15) is 14.4 Å². The van der Waals surface area contributed by atoms with Crippen molar-refractivity contribution >= 4 is 18.0 Å². The van der Waals surface area contributed by atoms with Crippen LogP contribution in [-0.2, 0) is 14.3 Å². The first kappa shape index (κ1) is 21.5. The number of alkyl carbamates (subject to hydrolysis) is 1. The third kappa shape index (κ3) is 4.19. The van der Waals surface area contributed by atoms with Gasteiger partial charge in [0.2, 0.25) is 5.91 Å². The van der Waals surface area contributed by atoms with Crippen LogP contribution in [0.3, 0.4) is 0 Å². The van der Waals surface area contributed by atoms with E-state index in [1.165, 1.54) is 11.1 Å². The summed E-state index contributed by atoms with van der Waals surface area (Å²) in [5.74, 6) is -0.803. The summed E-state index contributed by atoms with van der Waals surface area (Å²) in [6, 6.07) is 16.4. The second kappa shape index (κ2) is 8.89. The third-order valence-corrected chi connectivity index (χ3v) is 7.31. The van der Waals surface area contributed by atoms with Gasteiger partial charge in [0, 0.05) is 24.4 Å². The first-order valence-electron chi connectivity index (χ1n) is 11.6. The number of carboxylic acids is 1. The van der Waals surface area contributed by atoms with Crippen LogP contribution in [0.4, 0.5) is 4.79 Å². The zero-order chi connectivity index (χ0) is 22.9. The summed E-state index contributed by atoms with van der Waals surface area (Å²) in [4.78, 5) is 38.1. The molecule has 2 aromatic carbocycles. The summed E-state index contributed by atoms with van der Waals surface area (Å²) in [5.41, 5.74) is 4.62. The van der Waals surface area contributed by atoms with Gasteiger partial charge in [-0.3, -0.25) is 9.59 Å². The van der Waals surface area contributed by atoms with E-state index >= 15 is 0 Å². The van der Waals surface area contributed by atoms with Crippen molar-refractivity contribution in [3.8, 4) is 11.1 Å². The van der Waals surface area contributed by atoms with Gasteiger partial charge in [-0.2, -0.15) is 0 Å². The molecule has 2 aliphatic heterocycles. The molecular formula is C26H28N2O5. The average Bonchev–Trinajstić information content (AvgIpc) is 3.27. The van der Waals surface area contributed by atoms with E-state index in [4.69, 9.17) is 9.84 Å². The number of carboxylic acid groups (broad SMARTS) is 1. The molecule has 2 heterocycles. The molecule has 2 atom stereocenters. The van der Waals surface area contributed by atoms with Crippen molar-refractivity contribution in [1.82, 2.24) is 10.2 Å². The van der Waals surface area contributed by atoms with Crippen LogP contribution in [0.15, 0.2) is 48.5 Å². The van der Waals surface area contributed by atoms with E-state index < -0.39 is 12.1 Å². The molecule has 2 saturated heterocycles. The van der Waals surface area contributed by atoms with Gasteiger partial charge in [-0.05, 0) is 53.9 Å². The molecule has 172 valence electrons. The fraction of sp³-hybridized carbons (Fsp3) is 0.423. The van der Waals surface area contributed by atoms with Gasteiger partial charge in [-0.15, -0.1) is 0 Å². The Morgan fingerprint density at radius 3 is 2.09 bits per heavy atom. The zero-order valence-electron chi connectivity index (χ0n) is 18.4. The summed E-state index contributed by atoms with van der Waals surface area (Å²) in [6.45, 7) is 0.104. The topological polar surface area (TPSA) is 95.9 Å². The molecule has 5 rings (SSSR count). The average molecular weight is 449 g/mol. The number of aliphatic carboxylic acids is 1. The van der Waals surface area contributed by atoms with Crippen molar-refractivity contribution in [2.24, 2.45) is 5.92 Å². The minimum atomic E-state index is -0.781. The van der Waals surface area contributed by atoms with Crippen molar-refractivity contribution in [3.63, 3.8) is 0 Å². The molecule has 2 fully saturated rings. The fourth-order valence-electron chi connectivity index (χ4n) is 6.00. The zero-order valence-corrected chi connectivity index (χ0v) is 18.4. The lowest BCUT2D eigenvalue weighted by molar-refractivity contribution is -0.139. The van der Waals surface area contributed by atoms with Crippen LogP contribution in [0, 0.1) is 5.92 Å². The van der Waals surface area contributed by atoms with Gasteiger partial charge in [0.25, 0.3) is 0 Å². The number of benzene rings is 2. The number of rotatable bonds is 6. The van der Waals surface area contributed by atoms with E-state index in [1.54, 1.807) is 0 Å². The van der Waals surface area contributed by atoms with E-state index in [0.717, 1.165) is 36.8 Å². The monoisotopic (exact) mass is 448 g/mol. The highest BCUT2D eigenvalue weighted by Crippen LogP contribution is 2.44. The van der Waals surface area contributed by atoms with Crippen LogP contribution >= 0.6 is 0 Å². The molecule has 2 aromatic rings. The lowest BCUT2D eigenvalue weighted by atomic mass is 9.88. The SMILES string of the molecule is O=C(O)CC1CC2CCC(C1)N2C(=O)CNC(=O)OCC1c2ccccc2-c2ccccc21. The molecule has 2 amide bonds. The number of hydrogen-bond acceptors (Lipinski definition) is 4. The number of piperidine rings is 1. The molecule has 33 heavy (non-hydrogen) atoms. The Kier molecular flexibility index (Phi) is 5.79. The highest BCUT2D eigenvalue weighted by atomic mass is 16.5. The van der Waals surface area contributed by atoms with Crippen molar-refractivity contribution in [3.05, 3.63) is 59.7 Å². The quantitative estimate of drug-likeness (QED) is 0.701. The van der Waals surface area contributed by atoms with E-state index in [0.29, 0.717) is 0 Å². The third-order valence-electron chi connectivity index (χ3n) is 7.31. The van der Waals surface area contributed by atoms with Crippen LogP contribution in [-0.4, -0.2) is 53.2 Å². The summed E-state index contributed by atoms with van der Waals surface area (Å²) in [6.07, 6.45) is 2.80. The molecule has 0 aromatic heterocycles. The number of amides is 2. The Morgan fingerprint density at radius 2 is 1.52 bits per heavy atom. The molecular weight excluding hydrogens is 420 g/mol. The smallest absolute Gasteiger partial charge is 0.407 e. The molecule has 2 bridgehead atoms. The lowest BCUT2D eigenvalue weighted by Gasteiger charge is -2.38. The van der Waals surface area contributed by atoms with Crippen LogP contribution in [0.5, 0.6) is 0 Å². The van der Waals surface area contributed by atoms with Gasteiger partial charge in [-0.1, -0.05) is 48.5 Å². The Labute approximate surface area is 192 Å². The van der Waals surface area contributed by atoms with Crippen molar-refractivity contribution in [2.75, 3.05) is 13.2 Å². The fourth-order valence-corrected chi connectivity index (χ4v) is 6.00. The predicted octanol–water partition coefficient (Wildman–Crippen LogP) is 3.77. The molecule has 0 saturated carbocycles. The van der Waals surface area contributed by atoms with Crippen LogP contribution < -0.4 is 5.32 Å². The van der Waals surface area contributed by atoms with Gasteiger partial charge >= 0.3 is 12.1 Å². The van der Waals surface area contributed by atoms with Gasteiger partial charge in [0.1, 0.15) is 13.2 Å². The van der Waals surface area contributed by atoms with Gasteiger partial charge < -0.3 is 20.1 Å². The second-order valence-electron chi connectivity index (χ2n) is 9.30.